The van der Waals surface area contributed by atoms with Gasteiger partial charge in [0.25, 0.3) is 0 Å². The normalized spacial score (nSPS) is 11.0. The average molecular weight is 321 g/mol. The molecule has 0 bridgehead atoms. The van der Waals surface area contributed by atoms with Gasteiger partial charge in [0.05, 0.1) is 18.1 Å². The van der Waals surface area contributed by atoms with Crippen LogP contribution >= 0.6 is 11.3 Å². The zero-order valence-electron chi connectivity index (χ0n) is 12.8. The van der Waals surface area contributed by atoms with Crippen molar-refractivity contribution in [1.29, 1.82) is 0 Å². The number of hydrogen-bond acceptors (Lipinski definition) is 4. The van der Waals surface area contributed by atoms with E-state index >= 15 is 0 Å². The fraction of sp³-hybridized carbons (Fsp3) is 0.118. The highest BCUT2D eigenvalue weighted by Gasteiger charge is 2.13. The van der Waals surface area contributed by atoms with Crippen molar-refractivity contribution in [2.75, 3.05) is 0 Å². The third-order valence-corrected chi connectivity index (χ3v) is 4.67. The molecule has 0 saturated carbocycles. The van der Waals surface area contributed by atoms with E-state index in [0.29, 0.717) is 0 Å². The molecule has 0 unspecified atom stereocenters. The second-order valence-corrected chi connectivity index (χ2v) is 6.32. The minimum atomic E-state index is 0.979. The van der Waals surface area contributed by atoms with Gasteiger partial charge in [-0.25, -0.2) is 0 Å². The molecule has 5 nitrogen and oxygen atoms in total. The van der Waals surface area contributed by atoms with Gasteiger partial charge in [0.15, 0.2) is 0 Å². The molecule has 0 atom stereocenters. The van der Waals surface area contributed by atoms with Gasteiger partial charge in [-0.3, -0.25) is 14.3 Å². The lowest BCUT2D eigenvalue weighted by Crippen LogP contribution is -1.87. The van der Waals surface area contributed by atoms with Crippen LogP contribution in [0.2, 0.25) is 0 Å². The highest BCUT2D eigenvalue weighted by Crippen LogP contribution is 2.35. The number of hydrogen-bond donors (Lipinski definition) is 0. The van der Waals surface area contributed by atoms with Gasteiger partial charge in [-0.05, 0) is 12.1 Å². The molecule has 114 valence electrons. The second kappa shape index (κ2) is 5.48. The van der Waals surface area contributed by atoms with Gasteiger partial charge >= 0.3 is 0 Å². The Balaban J connectivity index is 1.78. The Morgan fingerprint density at radius 2 is 1.70 bits per heavy atom. The van der Waals surface area contributed by atoms with E-state index in [9.17, 15) is 0 Å². The Morgan fingerprint density at radius 3 is 2.39 bits per heavy atom. The lowest BCUT2D eigenvalue weighted by atomic mass is 10.0. The summed E-state index contributed by atoms with van der Waals surface area (Å²) in [4.78, 5) is 5.79. The molecule has 0 aromatic carbocycles. The lowest BCUT2D eigenvalue weighted by Gasteiger charge is -2.04. The van der Waals surface area contributed by atoms with Crippen LogP contribution in [0.1, 0.15) is 0 Å². The van der Waals surface area contributed by atoms with Gasteiger partial charge in [-0.15, -0.1) is 11.3 Å². The summed E-state index contributed by atoms with van der Waals surface area (Å²) in [6, 6.07) is 6.21. The summed E-state index contributed by atoms with van der Waals surface area (Å²) in [5.41, 5.74) is 5.39. The average Bonchev–Trinajstić information content (AvgIpc) is 3.27. The Kier molecular flexibility index (Phi) is 3.31. The van der Waals surface area contributed by atoms with E-state index in [0.717, 1.165) is 27.9 Å². The topological polar surface area (TPSA) is 48.5 Å². The molecule has 0 N–H and O–H groups in total. The van der Waals surface area contributed by atoms with E-state index in [-0.39, 0.29) is 0 Å². The molecule has 0 aliphatic rings. The summed E-state index contributed by atoms with van der Waals surface area (Å²) in [5, 5.41) is 10.6. The predicted octanol–water partition coefficient (Wildman–Crippen LogP) is 3.61. The number of nitrogens with zero attached hydrogens (tertiary/aromatic N) is 5. The van der Waals surface area contributed by atoms with Crippen LogP contribution in [0.3, 0.4) is 0 Å². The van der Waals surface area contributed by atoms with Crippen molar-refractivity contribution in [3.05, 3.63) is 54.6 Å². The Labute approximate surface area is 137 Å². The molecule has 4 aromatic rings. The van der Waals surface area contributed by atoms with Crippen molar-refractivity contribution in [3.63, 3.8) is 0 Å². The van der Waals surface area contributed by atoms with Gasteiger partial charge in [-0.2, -0.15) is 10.2 Å². The van der Waals surface area contributed by atoms with Gasteiger partial charge in [-0.1, -0.05) is 6.07 Å². The molecular formula is C17H15N5S. The van der Waals surface area contributed by atoms with E-state index in [1.165, 1.54) is 4.88 Å². The van der Waals surface area contributed by atoms with Crippen LogP contribution in [0.5, 0.6) is 0 Å². The molecule has 0 radical (unpaired) electrons. The first-order valence-corrected chi connectivity index (χ1v) is 8.10. The molecule has 4 aromatic heterocycles. The number of pyridine rings is 1. The summed E-state index contributed by atoms with van der Waals surface area (Å²) in [6.07, 6.45) is 9.62. The number of rotatable bonds is 3. The first-order valence-electron chi connectivity index (χ1n) is 7.22. The zero-order chi connectivity index (χ0) is 15.8. The van der Waals surface area contributed by atoms with Crippen LogP contribution in [-0.2, 0) is 14.1 Å². The molecule has 4 heterocycles. The molecular weight excluding hydrogens is 306 g/mol. The van der Waals surface area contributed by atoms with Crippen molar-refractivity contribution < 1.29 is 0 Å². The van der Waals surface area contributed by atoms with E-state index in [1.807, 2.05) is 55.8 Å². The molecule has 23 heavy (non-hydrogen) atoms. The van der Waals surface area contributed by atoms with Crippen LogP contribution < -0.4 is 0 Å². The Hall–Kier alpha value is -2.73. The zero-order valence-corrected chi connectivity index (χ0v) is 13.7. The first kappa shape index (κ1) is 13.9. The van der Waals surface area contributed by atoms with Crippen LogP contribution in [0, 0.1) is 0 Å². The van der Waals surface area contributed by atoms with Crippen molar-refractivity contribution in [2.24, 2.45) is 14.1 Å². The third kappa shape index (κ3) is 2.57. The van der Waals surface area contributed by atoms with E-state index < -0.39 is 0 Å². The summed E-state index contributed by atoms with van der Waals surface area (Å²) in [7, 11) is 3.85. The number of aromatic nitrogens is 5. The fourth-order valence-electron chi connectivity index (χ4n) is 2.59. The molecule has 0 aliphatic heterocycles. The number of aryl methyl sites for hydroxylation is 2. The van der Waals surface area contributed by atoms with Crippen molar-refractivity contribution >= 4 is 11.3 Å². The van der Waals surface area contributed by atoms with Crippen molar-refractivity contribution in [2.45, 2.75) is 0 Å². The van der Waals surface area contributed by atoms with Gasteiger partial charge in [0.1, 0.15) is 0 Å². The van der Waals surface area contributed by atoms with Crippen LogP contribution in [0.4, 0.5) is 0 Å². The highest BCUT2D eigenvalue weighted by molar-refractivity contribution is 7.14. The monoisotopic (exact) mass is 321 g/mol. The van der Waals surface area contributed by atoms with Gasteiger partial charge in [0, 0.05) is 65.2 Å². The predicted molar refractivity (Wildman–Crippen MR) is 92.0 cm³/mol. The Morgan fingerprint density at radius 1 is 0.957 bits per heavy atom. The Bertz CT molecular complexity index is 963. The minimum Gasteiger partial charge on any atom is -0.275 e. The van der Waals surface area contributed by atoms with E-state index in [2.05, 4.69) is 32.7 Å². The van der Waals surface area contributed by atoms with Gasteiger partial charge < -0.3 is 0 Å². The fourth-order valence-corrected chi connectivity index (χ4v) is 3.46. The summed E-state index contributed by atoms with van der Waals surface area (Å²) >= 11 is 1.71. The summed E-state index contributed by atoms with van der Waals surface area (Å²) in [5.74, 6) is 0. The molecule has 0 aliphatic carbocycles. The molecule has 0 spiro atoms. The molecule has 4 rings (SSSR count). The summed E-state index contributed by atoms with van der Waals surface area (Å²) in [6.45, 7) is 0. The van der Waals surface area contributed by atoms with Gasteiger partial charge in [0.2, 0.25) is 0 Å². The largest absolute Gasteiger partial charge is 0.275 e. The summed E-state index contributed by atoms with van der Waals surface area (Å²) < 4.78 is 3.62. The maximum absolute atomic E-state index is 4.60. The first-order chi connectivity index (χ1) is 11.2. The molecule has 0 saturated heterocycles. The molecule has 0 amide bonds. The minimum absolute atomic E-state index is 0.979. The molecule has 0 fully saturated rings. The third-order valence-electron chi connectivity index (χ3n) is 3.69. The van der Waals surface area contributed by atoms with Crippen molar-refractivity contribution in [3.8, 4) is 32.8 Å². The lowest BCUT2D eigenvalue weighted by molar-refractivity contribution is 0.768. The number of thiophene rings is 1. The smallest absolute Gasteiger partial charge is 0.0789 e. The quantitative estimate of drug-likeness (QED) is 0.579. The standard InChI is InChI=1S/C17H15N5S/c1-21-9-13(7-19-21)15-4-3-5-18-17(15)12-6-16(23-11-12)14-8-20-22(2)10-14/h3-11H,1-2H3. The highest BCUT2D eigenvalue weighted by atomic mass is 32.1. The van der Waals surface area contributed by atoms with Crippen LogP contribution in [0.25, 0.3) is 32.8 Å². The van der Waals surface area contributed by atoms with Crippen molar-refractivity contribution in [1.82, 2.24) is 24.5 Å². The van der Waals surface area contributed by atoms with E-state index in [4.69, 9.17) is 0 Å². The van der Waals surface area contributed by atoms with Crippen LogP contribution in [-0.4, -0.2) is 24.5 Å². The second-order valence-electron chi connectivity index (χ2n) is 5.40. The van der Waals surface area contributed by atoms with Crippen LogP contribution in [0.15, 0.2) is 54.6 Å². The maximum Gasteiger partial charge on any atom is 0.0789 e. The van der Waals surface area contributed by atoms with E-state index in [1.54, 1.807) is 16.0 Å². The maximum atomic E-state index is 4.60. The SMILES string of the molecule is Cn1cc(-c2cc(-c3ncccc3-c3cnn(C)c3)cs2)cn1. The molecule has 6 heteroatoms.